The molecular formula is C13H14N6O2. The van der Waals surface area contributed by atoms with Gasteiger partial charge in [0.05, 0.1) is 12.6 Å². The highest BCUT2D eigenvalue weighted by Gasteiger charge is 2.25. The maximum atomic E-state index is 11.5. The third kappa shape index (κ3) is 2.88. The lowest BCUT2D eigenvalue weighted by Crippen LogP contribution is -2.25. The molecule has 1 atom stereocenters. The van der Waals surface area contributed by atoms with Gasteiger partial charge in [-0.1, -0.05) is 0 Å². The SMILES string of the molecule is CC(Nc1nccc(N2CCOC2=O)n1)c1ncccn1. The van der Waals surface area contributed by atoms with Crippen LogP contribution >= 0.6 is 0 Å². The average Bonchev–Trinajstić information content (AvgIpc) is 2.94. The predicted octanol–water partition coefficient (Wildman–Crippen LogP) is 1.40. The van der Waals surface area contributed by atoms with Gasteiger partial charge in [-0.15, -0.1) is 0 Å². The second-order valence-corrected chi connectivity index (χ2v) is 4.48. The molecule has 1 aliphatic rings. The highest BCUT2D eigenvalue weighted by atomic mass is 16.6. The van der Waals surface area contributed by atoms with Gasteiger partial charge in [0.1, 0.15) is 18.2 Å². The second-order valence-electron chi connectivity index (χ2n) is 4.48. The largest absolute Gasteiger partial charge is 0.447 e. The lowest BCUT2D eigenvalue weighted by Gasteiger charge is -2.15. The smallest absolute Gasteiger partial charge is 0.415 e. The van der Waals surface area contributed by atoms with E-state index in [-0.39, 0.29) is 12.1 Å². The van der Waals surface area contributed by atoms with Gasteiger partial charge < -0.3 is 10.1 Å². The fraction of sp³-hybridized carbons (Fsp3) is 0.308. The molecule has 8 nitrogen and oxygen atoms in total. The second kappa shape index (κ2) is 5.70. The number of rotatable bonds is 4. The molecule has 1 N–H and O–H groups in total. The number of nitrogens with one attached hydrogen (secondary N) is 1. The van der Waals surface area contributed by atoms with E-state index in [1.165, 1.54) is 4.90 Å². The van der Waals surface area contributed by atoms with Gasteiger partial charge in [0.15, 0.2) is 0 Å². The maximum Gasteiger partial charge on any atom is 0.415 e. The van der Waals surface area contributed by atoms with Gasteiger partial charge in [-0.25, -0.2) is 19.7 Å². The Kier molecular flexibility index (Phi) is 3.59. The Morgan fingerprint density at radius 1 is 1.29 bits per heavy atom. The quantitative estimate of drug-likeness (QED) is 0.907. The highest BCUT2D eigenvalue weighted by Crippen LogP contribution is 2.18. The summed E-state index contributed by atoms with van der Waals surface area (Å²) in [6.45, 7) is 2.78. The van der Waals surface area contributed by atoms with Crippen molar-refractivity contribution in [1.29, 1.82) is 0 Å². The van der Waals surface area contributed by atoms with Crippen LogP contribution in [0.15, 0.2) is 30.7 Å². The molecule has 2 aromatic rings. The molecule has 1 saturated heterocycles. The lowest BCUT2D eigenvalue weighted by atomic mass is 10.3. The fourth-order valence-electron chi connectivity index (χ4n) is 1.96. The molecule has 3 heterocycles. The number of nitrogens with zero attached hydrogens (tertiary/aromatic N) is 5. The van der Waals surface area contributed by atoms with Crippen molar-refractivity contribution < 1.29 is 9.53 Å². The van der Waals surface area contributed by atoms with Crippen molar-refractivity contribution in [1.82, 2.24) is 19.9 Å². The van der Waals surface area contributed by atoms with Crippen LogP contribution < -0.4 is 10.2 Å². The van der Waals surface area contributed by atoms with Crippen LogP contribution in [0.2, 0.25) is 0 Å². The van der Waals surface area contributed by atoms with E-state index in [0.717, 1.165) is 0 Å². The average molecular weight is 286 g/mol. The predicted molar refractivity (Wildman–Crippen MR) is 74.8 cm³/mol. The molecule has 0 aromatic carbocycles. The molecule has 1 amide bonds. The summed E-state index contributed by atoms with van der Waals surface area (Å²) in [6, 6.07) is 3.28. The van der Waals surface area contributed by atoms with E-state index >= 15 is 0 Å². The zero-order valence-electron chi connectivity index (χ0n) is 11.4. The summed E-state index contributed by atoms with van der Waals surface area (Å²) in [5, 5.41) is 3.11. The molecule has 0 radical (unpaired) electrons. The number of hydrogen-bond donors (Lipinski definition) is 1. The van der Waals surface area contributed by atoms with Gasteiger partial charge in [0.2, 0.25) is 5.95 Å². The summed E-state index contributed by atoms with van der Waals surface area (Å²) >= 11 is 0. The first-order chi connectivity index (χ1) is 10.2. The topological polar surface area (TPSA) is 93.1 Å². The minimum Gasteiger partial charge on any atom is -0.447 e. The van der Waals surface area contributed by atoms with Gasteiger partial charge in [-0.05, 0) is 19.1 Å². The Bertz CT molecular complexity index is 636. The highest BCUT2D eigenvalue weighted by molar-refractivity contribution is 5.88. The zero-order valence-corrected chi connectivity index (χ0v) is 11.4. The third-order valence-electron chi connectivity index (χ3n) is 3.00. The molecule has 0 saturated carbocycles. The van der Waals surface area contributed by atoms with E-state index in [2.05, 4.69) is 25.3 Å². The monoisotopic (exact) mass is 286 g/mol. The number of hydrogen-bond acceptors (Lipinski definition) is 7. The Morgan fingerprint density at radius 3 is 2.81 bits per heavy atom. The number of aromatic nitrogens is 4. The molecule has 0 aliphatic carbocycles. The van der Waals surface area contributed by atoms with Crippen LogP contribution in [0.4, 0.5) is 16.6 Å². The van der Waals surface area contributed by atoms with E-state index in [1.54, 1.807) is 30.7 Å². The number of cyclic esters (lactones) is 1. The van der Waals surface area contributed by atoms with E-state index in [1.807, 2.05) is 6.92 Å². The number of carbonyl (C=O) groups is 1. The van der Waals surface area contributed by atoms with Crippen molar-refractivity contribution in [2.24, 2.45) is 0 Å². The van der Waals surface area contributed by atoms with Crippen LogP contribution in [-0.2, 0) is 4.74 Å². The molecule has 0 bridgehead atoms. The maximum absolute atomic E-state index is 11.5. The van der Waals surface area contributed by atoms with Crippen LogP contribution in [0.25, 0.3) is 0 Å². The molecule has 0 spiro atoms. The van der Waals surface area contributed by atoms with Crippen molar-refractivity contribution in [3.63, 3.8) is 0 Å². The molecule has 8 heteroatoms. The minimum absolute atomic E-state index is 0.146. The summed E-state index contributed by atoms with van der Waals surface area (Å²) < 4.78 is 4.90. The van der Waals surface area contributed by atoms with Gasteiger partial charge >= 0.3 is 6.09 Å². The molecule has 1 aliphatic heterocycles. The summed E-state index contributed by atoms with van der Waals surface area (Å²) in [7, 11) is 0. The Morgan fingerprint density at radius 2 is 2.10 bits per heavy atom. The first-order valence-electron chi connectivity index (χ1n) is 6.55. The summed E-state index contributed by atoms with van der Waals surface area (Å²) in [5.74, 6) is 1.57. The molecule has 21 heavy (non-hydrogen) atoms. The zero-order chi connectivity index (χ0) is 14.7. The normalized spacial score (nSPS) is 15.7. The minimum atomic E-state index is -0.390. The summed E-state index contributed by atoms with van der Waals surface area (Å²) in [6.07, 6.45) is 4.56. The number of carbonyl (C=O) groups excluding carboxylic acids is 1. The van der Waals surface area contributed by atoms with Gasteiger partial charge in [0, 0.05) is 18.6 Å². The standard InChI is InChI=1S/C13H14N6O2/c1-9(11-14-4-2-5-15-11)17-12-16-6-3-10(18-12)19-7-8-21-13(19)20/h2-6,9H,7-8H2,1H3,(H,16,17,18). The molecule has 1 fully saturated rings. The fourth-order valence-corrected chi connectivity index (χ4v) is 1.96. The van der Waals surface area contributed by atoms with Crippen LogP contribution in [0.1, 0.15) is 18.8 Å². The lowest BCUT2D eigenvalue weighted by molar-refractivity contribution is 0.181. The van der Waals surface area contributed by atoms with E-state index in [0.29, 0.717) is 30.7 Å². The van der Waals surface area contributed by atoms with Crippen molar-refractivity contribution in [3.8, 4) is 0 Å². The van der Waals surface area contributed by atoms with Crippen molar-refractivity contribution in [2.75, 3.05) is 23.4 Å². The Balaban J connectivity index is 1.76. The van der Waals surface area contributed by atoms with Crippen LogP contribution in [0.5, 0.6) is 0 Å². The first kappa shape index (κ1) is 13.2. The Hall–Kier alpha value is -2.77. The molecule has 2 aromatic heterocycles. The molecule has 1 unspecified atom stereocenters. The van der Waals surface area contributed by atoms with Gasteiger partial charge in [-0.3, -0.25) is 4.90 Å². The third-order valence-corrected chi connectivity index (χ3v) is 3.00. The van der Waals surface area contributed by atoms with Crippen LogP contribution in [0, 0.1) is 0 Å². The molecule has 3 rings (SSSR count). The number of anilines is 2. The Labute approximate surface area is 121 Å². The van der Waals surface area contributed by atoms with Crippen LogP contribution in [0.3, 0.4) is 0 Å². The van der Waals surface area contributed by atoms with Gasteiger partial charge in [0.25, 0.3) is 0 Å². The molecular weight excluding hydrogens is 272 g/mol. The summed E-state index contributed by atoms with van der Waals surface area (Å²) in [5.41, 5.74) is 0. The van der Waals surface area contributed by atoms with Crippen molar-refractivity contribution in [2.45, 2.75) is 13.0 Å². The number of amides is 1. The van der Waals surface area contributed by atoms with Gasteiger partial charge in [-0.2, -0.15) is 4.98 Å². The summed E-state index contributed by atoms with van der Waals surface area (Å²) in [4.78, 5) is 29.8. The van der Waals surface area contributed by atoms with E-state index in [4.69, 9.17) is 4.74 Å². The van der Waals surface area contributed by atoms with E-state index in [9.17, 15) is 4.79 Å². The van der Waals surface area contributed by atoms with Crippen molar-refractivity contribution >= 4 is 17.9 Å². The van der Waals surface area contributed by atoms with E-state index < -0.39 is 0 Å². The van der Waals surface area contributed by atoms with Crippen molar-refractivity contribution in [3.05, 3.63) is 36.5 Å². The number of ether oxygens (including phenoxy) is 1. The molecule has 108 valence electrons. The van der Waals surface area contributed by atoms with Crippen LogP contribution in [-0.4, -0.2) is 39.2 Å². The first-order valence-corrected chi connectivity index (χ1v) is 6.55.